The standard InChI is InChI=1S/C11H12N4O4/c1-4-13-9(18)6-10-14(4)2-5-7(16)8(17)11(19-5)15(10)3-12-6/h3,5,7-8,11,16-17H,2H2,1H3/t5-,7+,8?,11+/m1/s1. The Hall–Kier alpha value is -1.77. The highest BCUT2D eigenvalue weighted by atomic mass is 16.6. The maximum atomic E-state index is 11.8. The van der Waals surface area contributed by atoms with Crippen molar-refractivity contribution in [3.05, 3.63) is 22.5 Å². The summed E-state index contributed by atoms with van der Waals surface area (Å²) in [4.78, 5) is 19.8. The molecular formula is C11H12N4O4. The molecule has 0 saturated carbocycles. The van der Waals surface area contributed by atoms with Gasteiger partial charge in [0.2, 0.25) is 0 Å². The number of fused-ring (bicyclic) bond motifs is 3. The first-order valence-electron chi connectivity index (χ1n) is 6.03. The van der Waals surface area contributed by atoms with Gasteiger partial charge in [0.15, 0.2) is 11.7 Å². The topological polar surface area (TPSA) is 102 Å². The molecule has 4 atom stereocenters. The number of nitrogens with zero attached hydrogens (tertiary/aromatic N) is 4. The third-order valence-electron chi connectivity index (χ3n) is 3.85. The lowest BCUT2D eigenvalue weighted by atomic mass is 10.1. The lowest BCUT2D eigenvalue weighted by molar-refractivity contribution is -0.0331. The average Bonchev–Trinajstić information content (AvgIpc) is 2.85. The highest BCUT2D eigenvalue weighted by molar-refractivity contribution is 5.70. The van der Waals surface area contributed by atoms with E-state index in [9.17, 15) is 15.0 Å². The normalized spacial score (nSPS) is 32.8. The third-order valence-corrected chi connectivity index (χ3v) is 3.85. The number of hydrogen-bond donors (Lipinski definition) is 2. The summed E-state index contributed by atoms with van der Waals surface area (Å²) in [7, 11) is 0. The molecule has 0 spiro atoms. The molecule has 0 aliphatic carbocycles. The van der Waals surface area contributed by atoms with E-state index in [2.05, 4.69) is 9.97 Å². The van der Waals surface area contributed by atoms with Gasteiger partial charge in [-0.05, 0) is 6.92 Å². The molecule has 0 amide bonds. The molecule has 1 unspecified atom stereocenters. The third kappa shape index (κ3) is 1.25. The predicted molar refractivity (Wildman–Crippen MR) is 62.4 cm³/mol. The summed E-state index contributed by atoms with van der Waals surface area (Å²) in [6, 6.07) is 0. The molecule has 8 nitrogen and oxygen atoms in total. The van der Waals surface area contributed by atoms with Gasteiger partial charge >= 0.3 is 5.56 Å². The van der Waals surface area contributed by atoms with Gasteiger partial charge in [0.1, 0.15) is 29.8 Å². The van der Waals surface area contributed by atoms with E-state index in [-0.39, 0.29) is 5.52 Å². The van der Waals surface area contributed by atoms with E-state index >= 15 is 0 Å². The van der Waals surface area contributed by atoms with E-state index < -0.39 is 30.1 Å². The van der Waals surface area contributed by atoms with E-state index in [0.717, 1.165) is 0 Å². The number of imidazole rings is 1. The summed E-state index contributed by atoms with van der Waals surface area (Å²) >= 11 is 0. The first-order valence-corrected chi connectivity index (χ1v) is 6.03. The van der Waals surface area contributed by atoms with Gasteiger partial charge in [0.05, 0.1) is 12.9 Å². The Morgan fingerprint density at radius 1 is 1.42 bits per heavy atom. The Kier molecular flexibility index (Phi) is 1.99. The van der Waals surface area contributed by atoms with Crippen LogP contribution >= 0.6 is 0 Å². The molecule has 0 radical (unpaired) electrons. The molecule has 2 aromatic heterocycles. The van der Waals surface area contributed by atoms with Gasteiger partial charge in [-0.3, -0.25) is 9.36 Å². The molecule has 1 fully saturated rings. The van der Waals surface area contributed by atoms with Crippen molar-refractivity contribution in [2.75, 3.05) is 0 Å². The van der Waals surface area contributed by atoms with Crippen molar-refractivity contribution in [3.63, 3.8) is 0 Å². The van der Waals surface area contributed by atoms with Gasteiger partial charge in [-0.2, -0.15) is 4.98 Å². The van der Waals surface area contributed by atoms with E-state index in [4.69, 9.17) is 4.74 Å². The van der Waals surface area contributed by atoms with Gasteiger partial charge < -0.3 is 19.5 Å². The van der Waals surface area contributed by atoms with Crippen molar-refractivity contribution in [1.82, 2.24) is 19.1 Å². The number of aliphatic hydroxyl groups excluding tert-OH is 2. The predicted octanol–water partition coefficient (Wildman–Crippen LogP) is -1.47. The second kappa shape index (κ2) is 3.41. The number of rotatable bonds is 0. The monoisotopic (exact) mass is 264 g/mol. The largest absolute Gasteiger partial charge is 0.387 e. The Morgan fingerprint density at radius 3 is 3.00 bits per heavy atom. The first kappa shape index (κ1) is 11.1. The van der Waals surface area contributed by atoms with Crippen LogP contribution in [-0.4, -0.2) is 47.6 Å². The zero-order chi connectivity index (χ0) is 13.3. The molecule has 19 heavy (non-hydrogen) atoms. The fourth-order valence-electron chi connectivity index (χ4n) is 2.88. The van der Waals surface area contributed by atoms with Crippen LogP contribution in [0.1, 0.15) is 12.1 Å². The van der Waals surface area contributed by atoms with Gasteiger partial charge in [0, 0.05) is 0 Å². The molecule has 4 rings (SSSR count). The number of hydrogen-bond acceptors (Lipinski definition) is 6. The highest BCUT2D eigenvalue weighted by Gasteiger charge is 2.46. The van der Waals surface area contributed by atoms with Gasteiger partial charge in [-0.15, -0.1) is 0 Å². The maximum Gasteiger partial charge on any atom is 0.301 e. The van der Waals surface area contributed by atoms with E-state index in [0.29, 0.717) is 18.0 Å². The molecular weight excluding hydrogens is 252 g/mol. The van der Waals surface area contributed by atoms with Crippen LogP contribution in [0, 0.1) is 6.92 Å². The maximum absolute atomic E-state index is 11.8. The van der Waals surface area contributed by atoms with Crippen molar-refractivity contribution < 1.29 is 14.9 Å². The Morgan fingerprint density at radius 2 is 2.21 bits per heavy atom. The fourth-order valence-corrected chi connectivity index (χ4v) is 2.88. The highest BCUT2D eigenvalue weighted by Crippen LogP contribution is 2.35. The molecule has 2 bridgehead atoms. The quantitative estimate of drug-likeness (QED) is 0.602. The molecule has 2 aliphatic rings. The van der Waals surface area contributed by atoms with Crippen molar-refractivity contribution in [2.45, 2.75) is 38.0 Å². The van der Waals surface area contributed by atoms with Crippen molar-refractivity contribution >= 4 is 11.2 Å². The van der Waals surface area contributed by atoms with Gasteiger partial charge in [-0.25, -0.2) is 4.98 Å². The van der Waals surface area contributed by atoms with Crippen LogP contribution in [0.5, 0.6) is 0 Å². The molecule has 2 aromatic rings. The number of ether oxygens (including phenoxy) is 1. The zero-order valence-electron chi connectivity index (χ0n) is 10.1. The molecule has 8 heteroatoms. The van der Waals surface area contributed by atoms with Crippen LogP contribution in [0.2, 0.25) is 0 Å². The van der Waals surface area contributed by atoms with Crippen LogP contribution < -0.4 is 5.56 Å². The number of aliphatic hydroxyl groups is 2. The second-order valence-corrected chi connectivity index (χ2v) is 4.95. The Labute approximate surface area is 106 Å². The van der Waals surface area contributed by atoms with Crippen LogP contribution in [-0.2, 0) is 11.3 Å². The molecule has 2 aliphatic heterocycles. The van der Waals surface area contributed by atoms with E-state index in [1.165, 1.54) is 6.33 Å². The van der Waals surface area contributed by atoms with Crippen LogP contribution in [0.25, 0.3) is 11.2 Å². The summed E-state index contributed by atoms with van der Waals surface area (Å²) in [6.45, 7) is 2.05. The van der Waals surface area contributed by atoms with Gasteiger partial charge in [0.25, 0.3) is 0 Å². The Balaban J connectivity index is 2.10. The van der Waals surface area contributed by atoms with E-state index in [1.54, 1.807) is 16.1 Å². The van der Waals surface area contributed by atoms with Gasteiger partial charge in [-0.1, -0.05) is 0 Å². The summed E-state index contributed by atoms with van der Waals surface area (Å²) in [5.41, 5.74) is 0.440. The zero-order valence-corrected chi connectivity index (χ0v) is 10.1. The first-order chi connectivity index (χ1) is 9.08. The minimum Gasteiger partial charge on any atom is -0.387 e. The summed E-state index contributed by atoms with van der Waals surface area (Å²) in [5, 5.41) is 20.0. The van der Waals surface area contributed by atoms with Crippen molar-refractivity contribution in [1.29, 1.82) is 0 Å². The summed E-state index contributed by atoms with van der Waals surface area (Å²) in [5.74, 6) is 0.539. The SMILES string of the molecule is Cc1nc(=O)c2ncn3c2n1C[C@H]1O[C@H]3C(O)[C@H]1O. The van der Waals surface area contributed by atoms with Crippen molar-refractivity contribution in [3.8, 4) is 0 Å². The minimum absolute atomic E-state index is 0.253. The second-order valence-electron chi connectivity index (χ2n) is 4.95. The molecule has 4 heterocycles. The summed E-state index contributed by atoms with van der Waals surface area (Å²) < 4.78 is 9.03. The molecule has 1 saturated heterocycles. The molecule has 0 aromatic carbocycles. The minimum atomic E-state index is -1.03. The molecule has 100 valence electrons. The fraction of sp³-hybridized carbons (Fsp3) is 0.545. The van der Waals surface area contributed by atoms with Crippen LogP contribution in [0.15, 0.2) is 11.1 Å². The van der Waals surface area contributed by atoms with Crippen LogP contribution in [0.3, 0.4) is 0 Å². The average molecular weight is 264 g/mol. The lowest BCUT2D eigenvalue weighted by Crippen LogP contribution is -2.36. The summed E-state index contributed by atoms with van der Waals surface area (Å²) in [6.07, 6.45) is -1.79. The Bertz CT molecular complexity index is 736. The number of aryl methyl sites for hydroxylation is 1. The van der Waals surface area contributed by atoms with Crippen LogP contribution in [0.4, 0.5) is 0 Å². The lowest BCUT2D eigenvalue weighted by Gasteiger charge is -2.21. The number of aromatic nitrogens is 4. The van der Waals surface area contributed by atoms with E-state index in [1.807, 2.05) is 0 Å². The van der Waals surface area contributed by atoms with Crippen molar-refractivity contribution in [2.24, 2.45) is 0 Å². The molecule has 2 N–H and O–H groups in total. The smallest absolute Gasteiger partial charge is 0.301 e.